The quantitative estimate of drug-likeness (QED) is 0.881. The second kappa shape index (κ2) is 7.14. The Balaban J connectivity index is 1.60. The summed E-state index contributed by atoms with van der Waals surface area (Å²) in [6.45, 7) is 4.95. The van der Waals surface area contributed by atoms with Crippen LogP contribution in [0.3, 0.4) is 0 Å². The minimum absolute atomic E-state index is 0.286. The fourth-order valence-corrected chi connectivity index (χ4v) is 3.53. The maximum Gasteiger partial charge on any atom is 0.337 e. The van der Waals surface area contributed by atoms with Crippen LogP contribution in [0.4, 0.5) is 0 Å². The van der Waals surface area contributed by atoms with E-state index in [4.69, 9.17) is 0 Å². The molecular formula is C20H24N2O2. The standard InChI is InChI=1S/C20H24N2O2/c1-20(10-9-16-6-3-2-4-7-16)11-13-22(15-20)14-18-17(19(23)24)8-5-12-21-18/h2-8,12H,9-11,13-15H2,1H3,(H,23,24)/t20-/m0/s1. The lowest BCUT2D eigenvalue weighted by Crippen LogP contribution is -2.26. The first kappa shape index (κ1) is 16.7. The summed E-state index contributed by atoms with van der Waals surface area (Å²) in [6, 6.07) is 13.9. The first-order chi connectivity index (χ1) is 11.6. The number of benzene rings is 1. The third-order valence-corrected chi connectivity index (χ3v) is 4.99. The van der Waals surface area contributed by atoms with E-state index < -0.39 is 5.97 Å². The molecule has 1 aliphatic rings. The Hall–Kier alpha value is -2.20. The van der Waals surface area contributed by atoms with E-state index in [9.17, 15) is 9.90 Å². The summed E-state index contributed by atoms with van der Waals surface area (Å²) >= 11 is 0. The molecule has 1 aliphatic heterocycles. The first-order valence-electron chi connectivity index (χ1n) is 8.49. The summed E-state index contributed by atoms with van der Waals surface area (Å²) in [5.74, 6) is -0.899. The van der Waals surface area contributed by atoms with E-state index in [1.807, 2.05) is 0 Å². The van der Waals surface area contributed by atoms with Gasteiger partial charge in [-0.15, -0.1) is 0 Å². The minimum Gasteiger partial charge on any atom is -0.478 e. The summed E-state index contributed by atoms with van der Waals surface area (Å²) in [5.41, 5.74) is 2.65. The molecule has 1 atom stereocenters. The van der Waals surface area contributed by atoms with Crippen LogP contribution in [0.5, 0.6) is 0 Å². The number of nitrogens with zero attached hydrogens (tertiary/aromatic N) is 2. The Morgan fingerprint density at radius 3 is 2.79 bits per heavy atom. The van der Waals surface area contributed by atoms with Gasteiger partial charge >= 0.3 is 5.97 Å². The number of carboxylic acids is 1. The fraction of sp³-hybridized carbons (Fsp3) is 0.400. The van der Waals surface area contributed by atoms with E-state index in [0.717, 1.165) is 32.4 Å². The molecule has 0 unspecified atom stereocenters. The monoisotopic (exact) mass is 324 g/mol. The van der Waals surface area contributed by atoms with Gasteiger partial charge in [-0.05, 0) is 48.9 Å². The highest BCUT2D eigenvalue weighted by atomic mass is 16.4. The second-order valence-corrected chi connectivity index (χ2v) is 7.06. The predicted octanol–water partition coefficient (Wildman–Crippen LogP) is 3.62. The predicted molar refractivity (Wildman–Crippen MR) is 94.0 cm³/mol. The molecule has 1 aromatic heterocycles. The van der Waals surface area contributed by atoms with E-state index >= 15 is 0 Å². The SMILES string of the molecule is C[C@]1(CCc2ccccc2)CCN(Cc2ncccc2C(=O)O)C1. The zero-order chi connectivity index (χ0) is 17.0. The molecule has 2 heterocycles. The van der Waals surface area contributed by atoms with Crippen LogP contribution in [0.2, 0.25) is 0 Å². The van der Waals surface area contributed by atoms with Crippen molar-refractivity contribution < 1.29 is 9.90 Å². The molecule has 1 fully saturated rings. The highest BCUT2D eigenvalue weighted by Gasteiger charge is 2.33. The van der Waals surface area contributed by atoms with Gasteiger partial charge in [-0.25, -0.2) is 4.79 Å². The third kappa shape index (κ3) is 4.01. The first-order valence-corrected chi connectivity index (χ1v) is 8.49. The normalized spacial score (nSPS) is 21.0. The summed E-state index contributed by atoms with van der Waals surface area (Å²) < 4.78 is 0. The van der Waals surface area contributed by atoms with Crippen LogP contribution < -0.4 is 0 Å². The molecule has 0 bridgehead atoms. The average Bonchev–Trinajstić information content (AvgIpc) is 2.96. The lowest BCUT2D eigenvalue weighted by Gasteiger charge is -2.25. The van der Waals surface area contributed by atoms with Crippen molar-refractivity contribution in [2.45, 2.75) is 32.7 Å². The van der Waals surface area contributed by atoms with Gasteiger partial charge in [-0.1, -0.05) is 37.3 Å². The number of hydrogen-bond donors (Lipinski definition) is 1. The number of aromatic nitrogens is 1. The number of likely N-dealkylation sites (tertiary alicyclic amines) is 1. The lowest BCUT2D eigenvalue weighted by molar-refractivity contribution is 0.0694. The van der Waals surface area contributed by atoms with Crippen molar-refractivity contribution in [2.75, 3.05) is 13.1 Å². The maximum absolute atomic E-state index is 11.3. The van der Waals surface area contributed by atoms with Gasteiger partial charge in [0.05, 0.1) is 11.3 Å². The molecule has 0 aliphatic carbocycles. The molecule has 0 radical (unpaired) electrons. The highest BCUT2D eigenvalue weighted by Crippen LogP contribution is 2.35. The average molecular weight is 324 g/mol. The molecule has 0 saturated carbocycles. The van der Waals surface area contributed by atoms with Crippen molar-refractivity contribution >= 4 is 5.97 Å². The Kier molecular flexibility index (Phi) is 4.95. The summed E-state index contributed by atoms with van der Waals surface area (Å²) in [6.07, 6.45) is 5.07. The van der Waals surface area contributed by atoms with Crippen LogP contribution in [-0.4, -0.2) is 34.0 Å². The molecule has 1 aromatic carbocycles. The zero-order valence-electron chi connectivity index (χ0n) is 14.1. The van der Waals surface area contributed by atoms with Crippen molar-refractivity contribution in [1.29, 1.82) is 0 Å². The van der Waals surface area contributed by atoms with E-state index in [-0.39, 0.29) is 5.41 Å². The van der Waals surface area contributed by atoms with Gasteiger partial charge in [0.2, 0.25) is 0 Å². The summed E-state index contributed by atoms with van der Waals surface area (Å²) in [5, 5.41) is 9.29. The largest absolute Gasteiger partial charge is 0.478 e. The van der Waals surface area contributed by atoms with Crippen LogP contribution in [-0.2, 0) is 13.0 Å². The lowest BCUT2D eigenvalue weighted by atomic mass is 9.83. The smallest absolute Gasteiger partial charge is 0.337 e. The van der Waals surface area contributed by atoms with Gasteiger partial charge in [-0.2, -0.15) is 0 Å². The number of carbonyl (C=O) groups is 1. The molecule has 0 amide bonds. The number of rotatable bonds is 6. The van der Waals surface area contributed by atoms with Crippen molar-refractivity contribution in [3.05, 3.63) is 65.5 Å². The fourth-order valence-electron chi connectivity index (χ4n) is 3.53. The van der Waals surface area contributed by atoms with Gasteiger partial charge in [0.15, 0.2) is 0 Å². The van der Waals surface area contributed by atoms with Crippen LogP contribution >= 0.6 is 0 Å². The summed E-state index contributed by atoms with van der Waals surface area (Å²) in [4.78, 5) is 17.9. The van der Waals surface area contributed by atoms with E-state index in [2.05, 4.69) is 47.1 Å². The summed E-state index contributed by atoms with van der Waals surface area (Å²) in [7, 11) is 0. The molecule has 4 heteroatoms. The van der Waals surface area contributed by atoms with Gasteiger partial charge in [-0.3, -0.25) is 9.88 Å². The Morgan fingerprint density at radius 1 is 1.25 bits per heavy atom. The Morgan fingerprint density at radius 2 is 2.04 bits per heavy atom. The van der Waals surface area contributed by atoms with Crippen LogP contribution in [0.1, 0.15) is 41.4 Å². The van der Waals surface area contributed by atoms with Crippen LogP contribution in [0.15, 0.2) is 48.7 Å². The van der Waals surface area contributed by atoms with E-state index in [1.54, 1.807) is 18.3 Å². The molecule has 0 spiro atoms. The van der Waals surface area contributed by atoms with Crippen molar-refractivity contribution in [3.8, 4) is 0 Å². The topological polar surface area (TPSA) is 53.4 Å². The molecule has 2 aromatic rings. The Labute approximate surface area is 143 Å². The van der Waals surface area contributed by atoms with Crippen molar-refractivity contribution in [3.63, 3.8) is 0 Å². The third-order valence-electron chi connectivity index (χ3n) is 4.99. The molecule has 4 nitrogen and oxygen atoms in total. The molecule has 126 valence electrons. The van der Waals surface area contributed by atoms with Gasteiger partial charge in [0.25, 0.3) is 0 Å². The number of pyridine rings is 1. The van der Waals surface area contributed by atoms with Gasteiger partial charge in [0.1, 0.15) is 0 Å². The Bertz CT molecular complexity index is 702. The second-order valence-electron chi connectivity index (χ2n) is 7.06. The van der Waals surface area contributed by atoms with E-state index in [0.29, 0.717) is 17.8 Å². The minimum atomic E-state index is -0.899. The van der Waals surface area contributed by atoms with Gasteiger partial charge in [0, 0.05) is 19.3 Å². The van der Waals surface area contributed by atoms with Crippen molar-refractivity contribution in [1.82, 2.24) is 9.88 Å². The van der Waals surface area contributed by atoms with Crippen LogP contribution in [0, 0.1) is 5.41 Å². The van der Waals surface area contributed by atoms with Crippen molar-refractivity contribution in [2.24, 2.45) is 5.41 Å². The molecule has 3 rings (SSSR count). The molecule has 1 N–H and O–H groups in total. The van der Waals surface area contributed by atoms with Gasteiger partial charge < -0.3 is 5.11 Å². The van der Waals surface area contributed by atoms with E-state index in [1.165, 1.54) is 5.56 Å². The molecular weight excluding hydrogens is 300 g/mol. The number of aromatic carboxylic acids is 1. The number of carboxylic acid groups (broad SMARTS) is 1. The maximum atomic E-state index is 11.3. The highest BCUT2D eigenvalue weighted by molar-refractivity contribution is 5.88. The van der Waals surface area contributed by atoms with Crippen LogP contribution in [0.25, 0.3) is 0 Å². The zero-order valence-corrected chi connectivity index (χ0v) is 14.1. The number of aryl methyl sites for hydroxylation is 1. The molecule has 24 heavy (non-hydrogen) atoms. The molecule has 1 saturated heterocycles. The number of hydrogen-bond acceptors (Lipinski definition) is 3.